The molecule has 0 aliphatic rings. The molecule has 0 saturated heterocycles. The summed E-state index contributed by atoms with van der Waals surface area (Å²) >= 11 is 0. The largest absolute Gasteiger partial charge is 0.425 e. The van der Waals surface area contributed by atoms with Crippen molar-refractivity contribution in [2.45, 2.75) is 55.4 Å². The van der Waals surface area contributed by atoms with E-state index in [1.165, 1.54) is 38.1 Å². The molecule has 2 aromatic carbocycles. The third-order valence-electron chi connectivity index (χ3n) is 4.94. The summed E-state index contributed by atoms with van der Waals surface area (Å²) in [5, 5.41) is 0. The molecule has 0 saturated carbocycles. The highest BCUT2D eigenvalue weighted by atomic mass is 16.6. The second-order valence-corrected chi connectivity index (χ2v) is 10.9. The molecule has 0 N–H and O–H groups in total. The van der Waals surface area contributed by atoms with Gasteiger partial charge in [0.1, 0.15) is 23.0 Å². The van der Waals surface area contributed by atoms with Crippen LogP contribution in [0.4, 0.5) is 0 Å². The Balaban J connectivity index is 2.71. The molecular formula is C30H34O8. The number of rotatable bonds is 7. The molecular weight excluding hydrogens is 488 g/mol. The van der Waals surface area contributed by atoms with Crippen LogP contribution in [-0.4, -0.2) is 23.9 Å². The van der Waals surface area contributed by atoms with E-state index in [0.717, 1.165) is 0 Å². The quantitative estimate of drug-likeness (QED) is 0.240. The Morgan fingerprint density at radius 1 is 0.579 bits per heavy atom. The van der Waals surface area contributed by atoms with Crippen molar-refractivity contribution < 1.29 is 38.1 Å². The number of benzene rings is 2. The van der Waals surface area contributed by atoms with Crippen molar-refractivity contribution in [2.24, 2.45) is 10.8 Å². The predicted molar refractivity (Wildman–Crippen MR) is 143 cm³/mol. The minimum absolute atomic E-state index is 0.0664. The lowest BCUT2D eigenvalue weighted by Gasteiger charge is -2.21. The molecule has 0 atom stereocenters. The second-order valence-electron chi connectivity index (χ2n) is 10.9. The lowest BCUT2D eigenvalue weighted by atomic mass is 9.96. The molecule has 0 unspecified atom stereocenters. The maximum Gasteiger partial charge on any atom is 0.338 e. The van der Waals surface area contributed by atoms with Gasteiger partial charge in [-0.15, -0.1) is 0 Å². The van der Waals surface area contributed by atoms with Crippen LogP contribution in [0.2, 0.25) is 0 Å². The summed E-state index contributed by atoms with van der Waals surface area (Å²) in [4.78, 5) is 49.7. The first-order valence-corrected chi connectivity index (χ1v) is 11.9. The van der Waals surface area contributed by atoms with Gasteiger partial charge in [-0.25, -0.2) is 9.59 Å². The van der Waals surface area contributed by atoms with Crippen molar-refractivity contribution in [3.63, 3.8) is 0 Å². The van der Waals surface area contributed by atoms with Gasteiger partial charge < -0.3 is 18.9 Å². The van der Waals surface area contributed by atoms with Crippen molar-refractivity contribution in [3.8, 4) is 34.1 Å². The first-order chi connectivity index (χ1) is 17.4. The molecule has 38 heavy (non-hydrogen) atoms. The molecule has 0 fully saturated rings. The summed E-state index contributed by atoms with van der Waals surface area (Å²) in [7, 11) is 0. The lowest BCUT2D eigenvalue weighted by molar-refractivity contribution is -0.143. The Kier molecular flexibility index (Phi) is 9.05. The van der Waals surface area contributed by atoms with Crippen molar-refractivity contribution in [3.05, 3.63) is 60.7 Å². The van der Waals surface area contributed by atoms with Gasteiger partial charge in [0.25, 0.3) is 0 Å². The monoisotopic (exact) mass is 522 g/mol. The highest BCUT2D eigenvalue weighted by Gasteiger charge is 2.28. The average Bonchev–Trinajstić information content (AvgIpc) is 2.78. The smallest absolute Gasteiger partial charge is 0.338 e. The number of carbonyl (C=O) groups excluding carboxylic acids is 4. The summed E-state index contributed by atoms with van der Waals surface area (Å²) in [5.41, 5.74) is -0.565. The Labute approximate surface area is 223 Å². The van der Waals surface area contributed by atoms with Crippen LogP contribution in [0.1, 0.15) is 55.4 Å². The molecule has 0 aromatic heterocycles. The van der Waals surface area contributed by atoms with Gasteiger partial charge in [-0.3, -0.25) is 9.59 Å². The average molecular weight is 523 g/mol. The normalized spacial score (nSPS) is 11.3. The van der Waals surface area contributed by atoms with E-state index in [1.807, 2.05) is 0 Å². The van der Waals surface area contributed by atoms with Gasteiger partial charge in [0.05, 0.1) is 10.8 Å². The van der Waals surface area contributed by atoms with Crippen molar-refractivity contribution >= 4 is 23.9 Å². The fraction of sp³-hybridized carbons (Fsp3) is 0.333. The number of esters is 4. The van der Waals surface area contributed by atoms with Gasteiger partial charge in [-0.1, -0.05) is 13.2 Å². The molecule has 0 amide bonds. The molecule has 202 valence electrons. The van der Waals surface area contributed by atoms with E-state index in [9.17, 15) is 19.2 Å². The van der Waals surface area contributed by atoms with E-state index < -0.39 is 34.7 Å². The standard InChI is InChI=1S/C30H34O8/c1-17(2)25(31)35-19-11-13-21(23(15-19)37-27(33)29(5,6)7)22-14-12-20(36-26(32)18(3)4)16-24(22)38-28(34)30(8,9)10/h11-16H,1,3H2,2,4-10H3. The molecule has 0 aliphatic carbocycles. The first-order valence-electron chi connectivity index (χ1n) is 11.9. The van der Waals surface area contributed by atoms with Crippen LogP contribution in [0.15, 0.2) is 60.7 Å². The molecule has 2 aromatic rings. The van der Waals surface area contributed by atoms with Crippen LogP contribution in [0.25, 0.3) is 11.1 Å². The van der Waals surface area contributed by atoms with Crippen LogP contribution in [0.5, 0.6) is 23.0 Å². The Morgan fingerprint density at radius 3 is 1.16 bits per heavy atom. The highest BCUT2D eigenvalue weighted by molar-refractivity contribution is 5.91. The fourth-order valence-electron chi connectivity index (χ4n) is 2.64. The van der Waals surface area contributed by atoms with E-state index in [1.54, 1.807) is 53.7 Å². The van der Waals surface area contributed by atoms with Gasteiger partial charge in [0, 0.05) is 34.4 Å². The lowest BCUT2D eigenvalue weighted by Crippen LogP contribution is -2.26. The Morgan fingerprint density at radius 2 is 0.895 bits per heavy atom. The molecule has 0 aliphatic heterocycles. The number of hydrogen-bond donors (Lipinski definition) is 0. The molecule has 8 heteroatoms. The fourth-order valence-corrected chi connectivity index (χ4v) is 2.64. The molecule has 0 radical (unpaired) electrons. The minimum Gasteiger partial charge on any atom is -0.425 e. The second kappa shape index (κ2) is 11.5. The van der Waals surface area contributed by atoms with Crippen molar-refractivity contribution in [1.29, 1.82) is 0 Å². The predicted octanol–water partition coefficient (Wildman–Crippen LogP) is 6.22. The van der Waals surface area contributed by atoms with E-state index in [0.29, 0.717) is 11.1 Å². The van der Waals surface area contributed by atoms with Gasteiger partial charge in [-0.2, -0.15) is 0 Å². The molecule has 0 bridgehead atoms. The van der Waals surface area contributed by atoms with Gasteiger partial charge in [0.15, 0.2) is 0 Å². The molecule has 0 heterocycles. The maximum atomic E-state index is 12.8. The zero-order valence-corrected chi connectivity index (χ0v) is 23.1. The van der Waals surface area contributed by atoms with Gasteiger partial charge in [-0.05, 0) is 79.7 Å². The van der Waals surface area contributed by atoms with Crippen molar-refractivity contribution in [1.82, 2.24) is 0 Å². The SMILES string of the molecule is C=C(C)C(=O)Oc1ccc(-c2ccc(OC(=O)C(=C)C)cc2OC(=O)C(C)(C)C)c(OC(=O)C(C)(C)C)c1. The zero-order chi connectivity index (χ0) is 29.0. The summed E-state index contributed by atoms with van der Waals surface area (Å²) in [6.07, 6.45) is 0. The molecule has 0 spiro atoms. The summed E-state index contributed by atoms with van der Waals surface area (Å²) in [6.45, 7) is 20.3. The van der Waals surface area contributed by atoms with E-state index in [4.69, 9.17) is 18.9 Å². The van der Waals surface area contributed by atoms with Crippen LogP contribution < -0.4 is 18.9 Å². The Bertz CT molecular complexity index is 1200. The van der Waals surface area contributed by atoms with Gasteiger partial charge >= 0.3 is 23.9 Å². The van der Waals surface area contributed by atoms with Crippen LogP contribution >= 0.6 is 0 Å². The number of hydrogen-bond acceptors (Lipinski definition) is 8. The van der Waals surface area contributed by atoms with E-state index >= 15 is 0 Å². The summed E-state index contributed by atoms with van der Waals surface area (Å²) in [6, 6.07) is 8.93. The Hall–Kier alpha value is -4.20. The van der Waals surface area contributed by atoms with E-state index in [-0.39, 0.29) is 34.1 Å². The molecule has 8 nitrogen and oxygen atoms in total. The zero-order valence-electron chi connectivity index (χ0n) is 23.1. The highest BCUT2D eigenvalue weighted by Crippen LogP contribution is 2.42. The third kappa shape index (κ3) is 7.90. The van der Waals surface area contributed by atoms with Crippen LogP contribution in [0, 0.1) is 10.8 Å². The van der Waals surface area contributed by atoms with Crippen LogP contribution in [0.3, 0.4) is 0 Å². The summed E-state index contributed by atoms with van der Waals surface area (Å²) in [5.74, 6) is -1.99. The van der Waals surface area contributed by atoms with Crippen LogP contribution in [-0.2, 0) is 19.2 Å². The minimum atomic E-state index is -0.843. The van der Waals surface area contributed by atoms with E-state index in [2.05, 4.69) is 13.2 Å². The van der Waals surface area contributed by atoms with Gasteiger partial charge in [0.2, 0.25) is 0 Å². The maximum absolute atomic E-state index is 12.8. The number of carbonyl (C=O) groups is 4. The molecule has 2 rings (SSSR count). The first kappa shape index (κ1) is 30.0. The topological polar surface area (TPSA) is 105 Å². The van der Waals surface area contributed by atoms with Crippen molar-refractivity contribution in [2.75, 3.05) is 0 Å². The third-order valence-corrected chi connectivity index (χ3v) is 4.94. The summed E-state index contributed by atoms with van der Waals surface area (Å²) < 4.78 is 22.1. The number of ether oxygens (including phenoxy) is 4.